The molecule has 4 heteroatoms. The third kappa shape index (κ3) is 6.93. The maximum Gasteiger partial charge on any atom is 0.307 e. The van der Waals surface area contributed by atoms with Gasteiger partial charge < -0.3 is 9.64 Å². The molecule has 4 nitrogen and oxygen atoms in total. The van der Waals surface area contributed by atoms with Gasteiger partial charge in [-0.3, -0.25) is 9.59 Å². The number of ether oxygens (including phenoxy) is 1. The van der Waals surface area contributed by atoms with Crippen molar-refractivity contribution >= 4 is 11.9 Å². The molecule has 0 bridgehead atoms. The molecule has 1 rings (SSSR count). The Balaban J connectivity index is 2.65. The molecule has 0 radical (unpaired) electrons. The van der Waals surface area contributed by atoms with Crippen LogP contribution in [0.5, 0.6) is 0 Å². The Bertz CT molecular complexity index is 443. The predicted octanol–water partition coefficient (Wildman–Crippen LogP) is 3.01. The topological polar surface area (TPSA) is 46.6 Å². The highest BCUT2D eigenvalue weighted by atomic mass is 16.5. The molecule has 1 aromatic carbocycles. The molecule has 116 valence electrons. The summed E-state index contributed by atoms with van der Waals surface area (Å²) < 4.78 is 4.93. The quantitative estimate of drug-likeness (QED) is 0.692. The molecule has 21 heavy (non-hydrogen) atoms. The lowest BCUT2D eigenvalue weighted by Gasteiger charge is -2.23. The van der Waals surface area contributed by atoms with E-state index in [9.17, 15) is 9.59 Å². The summed E-state index contributed by atoms with van der Waals surface area (Å²) in [6.45, 7) is 7.12. The predicted molar refractivity (Wildman–Crippen MR) is 82.6 cm³/mol. The van der Waals surface area contributed by atoms with Gasteiger partial charge in [0.15, 0.2) is 0 Å². The van der Waals surface area contributed by atoms with E-state index in [1.807, 2.05) is 44.2 Å². The van der Waals surface area contributed by atoms with Crippen molar-refractivity contribution in [1.29, 1.82) is 0 Å². The van der Waals surface area contributed by atoms with Gasteiger partial charge in [-0.1, -0.05) is 44.2 Å². The lowest BCUT2D eigenvalue weighted by molar-refractivity contribution is -0.144. The molecule has 0 unspecified atom stereocenters. The molecule has 0 heterocycles. The Labute approximate surface area is 127 Å². The number of carbonyl (C=O) groups is 2. The second kappa shape index (κ2) is 9.16. The Morgan fingerprint density at radius 2 is 1.86 bits per heavy atom. The number of esters is 1. The van der Waals surface area contributed by atoms with Crippen molar-refractivity contribution in [2.45, 2.75) is 40.2 Å². The van der Waals surface area contributed by atoms with Gasteiger partial charge in [0.1, 0.15) is 0 Å². The summed E-state index contributed by atoms with van der Waals surface area (Å²) >= 11 is 0. The van der Waals surface area contributed by atoms with Gasteiger partial charge in [0.25, 0.3) is 0 Å². The Hall–Kier alpha value is -1.84. The highest BCUT2D eigenvalue weighted by molar-refractivity contribution is 5.77. The summed E-state index contributed by atoms with van der Waals surface area (Å²) in [5.41, 5.74) is 1.07. The maximum atomic E-state index is 12.3. The molecule has 1 amide bonds. The van der Waals surface area contributed by atoms with Crippen molar-refractivity contribution in [3.05, 3.63) is 35.9 Å². The van der Waals surface area contributed by atoms with Gasteiger partial charge in [-0.2, -0.15) is 0 Å². The molecule has 0 fully saturated rings. The Morgan fingerprint density at radius 1 is 1.19 bits per heavy atom. The minimum Gasteiger partial charge on any atom is -0.466 e. The second-order valence-electron chi connectivity index (χ2n) is 5.45. The van der Waals surface area contributed by atoms with E-state index in [-0.39, 0.29) is 18.3 Å². The first kappa shape index (κ1) is 17.2. The van der Waals surface area contributed by atoms with Crippen LogP contribution in [0.3, 0.4) is 0 Å². The maximum absolute atomic E-state index is 12.3. The largest absolute Gasteiger partial charge is 0.466 e. The molecule has 0 aromatic heterocycles. The molecule has 0 saturated carbocycles. The minimum atomic E-state index is -0.257. The standard InChI is InChI=1S/C17H25NO3/c1-4-21-17(20)10-11-18(16(19)12-14(2)3)13-15-8-6-5-7-9-15/h5-9,14H,4,10-13H2,1-3H3. The average Bonchev–Trinajstić information content (AvgIpc) is 2.44. The number of nitrogens with zero attached hydrogens (tertiary/aromatic N) is 1. The first-order valence-electron chi connectivity index (χ1n) is 7.50. The summed E-state index contributed by atoms with van der Waals surface area (Å²) in [5.74, 6) is 0.129. The molecule has 1 aromatic rings. The first-order valence-corrected chi connectivity index (χ1v) is 7.50. The molecule has 0 aliphatic heterocycles. The van der Waals surface area contributed by atoms with Gasteiger partial charge in [-0.05, 0) is 18.4 Å². The van der Waals surface area contributed by atoms with Crippen LogP contribution < -0.4 is 0 Å². The summed E-state index contributed by atoms with van der Waals surface area (Å²) in [7, 11) is 0. The van der Waals surface area contributed by atoms with Crippen molar-refractivity contribution in [3.63, 3.8) is 0 Å². The number of rotatable bonds is 8. The fourth-order valence-electron chi connectivity index (χ4n) is 2.03. The van der Waals surface area contributed by atoms with Crippen LogP contribution in [-0.2, 0) is 20.9 Å². The Kier molecular flexibility index (Phi) is 7.51. The zero-order valence-corrected chi connectivity index (χ0v) is 13.2. The monoisotopic (exact) mass is 291 g/mol. The van der Waals surface area contributed by atoms with Crippen LogP contribution >= 0.6 is 0 Å². The average molecular weight is 291 g/mol. The molecular weight excluding hydrogens is 266 g/mol. The highest BCUT2D eigenvalue weighted by Gasteiger charge is 2.17. The number of amides is 1. The SMILES string of the molecule is CCOC(=O)CCN(Cc1ccccc1)C(=O)CC(C)C. The van der Waals surface area contributed by atoms with Crippen LogP contribution in [0.4, 0.5) is 0 Å². The molecule has 0 aliphatic carbocycles. The van der Waals surface area contributed by atoms with Crippen molar-refractivity contribution in [1.82, 2.24) is 4.90 Å². The zero-order valence-electron chi connectivity index (χ0n) is 13.2. The van der Waals surface area contributed by atoms with E-state index in [1.165, 1.54) is 0 Å². The van der Waals surface area contributed by atoms with E-state index in [2.05, 4.69) is 0 Å². The van der Waals surface area contributed by atoms with Gasteiger partial charge in [-0.15, -0.1) is 0 Å². The number of benzene rings is 1. The van der Waals surface area contributed by atoms with Crippen molar-refractivity contribution in [2.75, 3.05) is 13.2 Å². The van der Waals surface area contributed by atoms with Crippen molar-refractivity contribution < 1.29 is 14.3 Å². The molecular formula is C17H25NO3. The summed E-state index contributed by atoms with van der Waals surface area (Å²) in [4.78, 5) is 25.5. The first-order chi connectivity index (χ1) is 10.0. The summed E-state index contributed by atoms with van der Waals surface area (Å²) in [5, 5.41) is 0. The minimum absolute atomic E-state index is 0.0816. The van der Waals surface area contributed by atoms with Gasteiger partial charge in [0.05, 0.1) is 13.0 Å². The van der Waals surface area contributed by atoms with Crippen molar-refractivity contribution in [2.24, 2.45) is 5.92 Å². The fraction of sp³-hybridized carbons (Fsp3) is 0.529. The number of carbonyl (C=O) groups excluding carboxylic acids is 2. The third-order valence-electron chi connectivity index (χ3n) is 3.04. The van der Waals surface area contributed by atoms with E-state index in [4.69, 9.17) is 4.74 Å². The van der Waals surface area contributed by atoms with Crippen molar-refractivity contribution in [3.8, 4) is 0 Å². The zero-order chi connectivity index (χ0) is 15.7. The van der Waals surface area contributed by atoms with E-state index >= 15 is 0 Å². The second-order valence-corrected chi connectivity index (χ2v) is 5.45. The molecule has 0 N–H and O–H groups in total. The van der Waals surface area contributed by atoms with Gasteiger partial charge in [-0.25, -0.2) is 0 Å². The van der Waals surface area contributed by atoms with Gasteiger partial charge in [0, 0.05) is 19.5 Å². The van der Waals surface area contributed by atoms with Crippen LogP contribution in [0.25, 0.3) is 0 Å². The van der Waals surface area contributed by atoms with Gasteiger partial charge >= 0.3 is 5.97 Å². The number of hydrogen-bond acceptors (Lipinski definition) is 3. The summed E-state index contributed by atoms with van der Waals surface area (Å²) in [6, 6.07) is 9.82. The van der Waals surface area contributed by atoms with E-state index in [0.29, 0.717) is 32.0 Å². The summed E-state index contributed by atoms with van der Waals surface area (Å²) in [6.07, 6.45) is 0.736. The highest BCUT2D eigenvalue weighted by Crippen LogP contribution is 2.10. The third-order valence-corrected chi connectivity index (χ3v) is 3.04. The Morgan fingerprint density at radius 3 is 2.43 bits per heavy atom. The van der Waals surface area contributed by atoms with Crippen LogP contribution in [0, 0.1) is 5.92 Å². The molecule has 0 aliphatic rings. The van der Waals surface area contributed by atoms with E-state index < -0.39 is 0 Å². The molecule has 0 saturated heterocycles. The van der Waals surface area contributed by atoms with Gasteiger partial charge in [0.2, 0.25) is 5.91 Å². The fourth-order valence-corrected chi connectivity index (χ4v) is 2.03. The van der Waals surface area contributed by atoms with Crippen LogP contribution in [0.1, 0.15) is 39.2 Å². The van der Waals surface area contributed by atoms with Crippen LogP contribution in [0.2, 0.25) is 0 Å². The lowest BCUT2D eigenvalue weighted by Crippen LogP contribution is -2.33. The molecule has 0 atom stereocenters. The van der Waals surface area contributed by atoms with E-state index in [0.717, 1.165) is 5.56 Å². The normalized spacial score (nSPS) is 10.5. The lowest BCUT2D eigenvalue weighted by atomic mass is 10.1. The molecule has 0 spiro atoms. The number of hydrogen-bond donors (Lipinski definition) is 0. The van der Waals surface area contributed by atoms with Crippen LogP contribution in [0.15, 0.2) is 30.3 Å². The van der Waals surface area contributed by atoms with Crippen LogP contribution in [-0.4, -0.2) is 29.9 Å². The van der Waals surface area contributed by atoms with E-state index in [1.54, 1.807) is 11.8 Å². The smallest absolute Gasteiger partial charge is 0.307 e.